The molecular formula is C20H21F4N3O2. The van der Waals surface area contributed by atoms with Crippen LogP contribution < -0.4 is 15.0 Å². The number of piperidine rings is 1. The van der Waals surface area contributed by atoms with E-state index in [0.717, 1.165) is 43.8 Å². The van der Waals surface area contributed by atoms with E-state index >= 15 is 0 Å². The van der Waals surface area contributed by atoms with Crippen LogP contribution in [-0.4, -0.2) is 36.9 Å². The first-order valence-corrected chi connectivity index (χ1v) is 9.22. The van der Waals surface area contributed by atoms with Crippen molar-refractivity contribution in [3.8, 4) is 17.0 Å². The summed E-state index contributed by atoms with van der Waals surface area (Å²) in [6.07, 6.45) is -1.39. The number of carbonyl (C=O) groups excluding carboxylic acids is 1. The summed E-state index contributed by atoms with van der Waals surface area (Å²) >= 11 is 0. The van der Waals surface area contributed by atoms with E-state index in [1.807, 2.05) is 6.07 Å². The van der Waals surface area contributed by atoms with Crippen LogP contribution in [0.15, 0.2) is 36.5 Å². The maximum Gasteiger partial charge on any atom is 0.573 e. The van der Waals surface area contributed by atoms with Crippen LogP contribution in [0.5, 0.6) is 5.75 Å². The number of rotatable bonds is 5. The molecule has 9 heteroatoms. The van der Waals surface area contributed by atoms with Gasteiger partial charge in [-0.15, -0.1) is 13.2 Å². The summed E-state index contributed by atoms with van der Waals surface area (Å²) in [5.74, 6) is -1.73. The number of pyridine rings is 1. The second-order valence-electron chi connectivity index (χ2n) is 6.98. The molecule has 5 nitrogen and oxygen atoms in total. The molecule has 1 saturated heterocycles. The first-order chi connectivity index (χ1) is 13.7. The Bertz CT molecular complexity index is 873. The number of hydrogen-bond acceptors (Lipinski definition) is 4. The van der Waals surface area contributed by atoms with Crippen molar-refractivity contribution in [2.24, 2.45) is 5.92 Å². The second-order valence-corrected chi connectivity index (χ2v) is 6.98. The van der Waals surface area contributed by atoms with Gasteiger partial charge in [0.25, 0.3) is 0 Å². The molecule has 29 heavy (non-hydrogen) atoms. The van der Waals surface area contributed by atoms with E-state index in [-0.39, 0.29) is 5.91 Å². The third-order valence-electron chi connectivity index (χ3n) is 4.72. The minimum absolute atomic E-state index is 0.0618. The van der Waals surface area contributed by atoms with Crippen LogP contribution in [0.3, 0.4) is 0 Å². The van der Waals surface area contributed by atoms with Crippen molar-refractivity contribution in [1.29, 1.82) is 0 Å². The number of aromatic nitrogens is 1. The molecule has 1 amide bonds. The Morgan fingerprint density at radius 1 is 1.31 bits per heavy atom. The molecule has 2 heterocycles. The Hall–Kier alpha value is -2.84. The summed E-state index contributed by atoms with van der Waals surface area (Å²) in [5.41, 5.74) is 1.69. The molecular weight excluding hydrogens is 390 g/mol. The number of benzene rings is 1. The van der Waals surface area contributed by atoms with Gasteiger partial charge < -0.3 is 15.0 Å². The number of nitrogens with one attached hydrogen (secondary N) is 1. The van der Waals surface area contributed by atoms with E-state index in [4.69, 9.17) is 0 Å². The topological polar surface area (TPSA) is 54.5 Å². The van der Waals surface area contributed by atoms with Crippen molar-refractivity contribution in [1.82, 2.24) is 10.3 Å². The highest BCUT2D eigenvalue weighted by molar-refractivity contribution is 5.72. The Morgan fingerprint density at radius 2 is 2.10 bits per heavy atom. The van der Waals surface area contributed by atoms with Crippen molar-refractivity contribution < 1.29 is 27.1 Å². The molecule has 0 saturated carbocycles. The highest BCUT2D eigenvalue weighted by Crippen LogP contribution is 2.31. The van der Waals surface area contributed by atoms with Gasteiger partial charge in [-0.25, -0.2) is 4.39 Å². The maximum absolute atomic E-state index is 14.0. The zero-order valence-electron chi connectivity index (χ0n) is 15.8. The maximum atomic E-state index is 14.0. The molecule has 2 aromatic rings. The SMILES string of the molecule is CC(=O)NCC1CCCN(c2ccnc(-c3ccc(OC(F)(F)F)c(F)c3)c2)C1. The molecule has 1 N–H and O–H groups in total. The van der Waals surface area contributed by atoms with Crippen LogP contribution >= 0.6 is 0 Å². The number of anilines is 1. The predicted octanol–water partition coefficient (Wildman–Crippen LogP) is 4.14. The molecule has 1 atom stereocenters. The molecule has 1 unspecified atom stereocenters. The minimum atomic E-state index is -4.96. The third-order valence-corrected chi connectivity index (χ3v) is 4.72. The molecule has 1 aromatic heterocycles. The molecule has 0 bridgehead atoms. The Kier molecular flexibility index (Phi) is 6.24. The fourth-order valence-electron chi connectivity index (χ4n) is 3.40. The van der Waals surface area contributed by atoms with Gasteiger partial charge in [-0.2, -0.15) is 0 Å². The largest absolute Gasteiger partial charge is 0.573 e. The number of hydrogen-bond donors (Lipinski definition) is 1. The highest BCUT2D eigenvalue weighted by Gasteiger charge is 2.32. The highest BCUT2D eigenvalue weighted by atomic mass is 19.4. The third kappa shape index (κ3) is 5.82. The predicted molar refractivity (Wildman–Crippen MR) is 99.9 cm³/mol. The number of carbonyl (C=O) groups is 1. The van der Waals surface area contributed by atoms with Crippen molar-refractivity contribution >= 4 is 11.6 Å². The first kappa shape index (κ1) is 20.9. The van der Waals surface area contributed by atoms with E-state index in [2.05, 4.69) is 19.9 Å². The average molecular weight is 411 g/mol. The lowest BCUT2D eigenvalue weighted by Gasteiger charge is -2.34. The van der Waals surface area contributed by atoms with Crippen LogP contribution in [0.1, 0.15) is 19.8 Å². The molecule has 3 rings (SSSR count). The molecule has 1 aliphatic heterocycles. The van der Waals surface area contributed by atoms with Gasteiger partial charge in [-0.1, -0.05) is 0 Å². The minimum Gasteiger partial charge on any atom is -0.403 e. The normalized spacial score (nSPS) is 17.1. The van der Waals surface area contributed by atoms with Crippen LogP contribution in [0.4, 0.5) is 23.2 Å². The fourth-order valence-corrected chi connectivity index (χ4v) is 3.40. The molecule has 1 fully saturated rings. The molecule has 1 aliphatic rings. The van der Waals surface area contributed by atoms with E-state index in [1.54, 1.807) is 12.3 Å². The van der Waals surface area contributed by atoms with Gasteiger partial charge in [-0.3, -0.25) is 9.78 Å². The zero-order valence-corrected chi connectivity index (χ0v) is 15.8. The number of nitrogens with zero attached hydrogens (tertiary/aromatic N) is 2. The van der Waals surface area contributed by atoms with Crippen molar-refractivity contribution in [3.63, 3.8) is 0 Å². The molecule has 0 radical (unpaired) electrons. The van der Waals surface area contributed by atoms with Gasteiger partial charge in [-0.05, 0) is 49.1 Å². The van der Waals surface area contributed by atoms with Crippen LogP contribution in [0.2, 0.25) is 0 Å². The second kappa shape index (κ2) is 8.67. The monoisotopic (exact) mass is 411 g/mol. The van der Waals surface area contributed by atoms with Crippen LogP contribution in [0, 0.1) is 11.7 Å². The number of amides is 1. The zero-order chi connectivity index (χ0) is 21.0. The van der Waals surface area contributed by atoms with E-state index in [9.17, 15) is 22.4 Å². The lowest BCUT2D eigenvalue weighted by molar-refractivity contribution is -0.275. The molecule has 0 spiro atoms. The molecule has 1 aromatic carbocycles. The lowest BCUT2D eigenvalue weighted by atomic mass is 9.97. The van der Waals surface area contributed by atoms with Gasteiger partial charge in [0.15, 0.2) is 11.6 Å². The summed E-state index contributed by atoms with van der Waals surface area (Å²) in [6.45, 7) is 3.69. The van der Waals surface area contributed by atoms with Crippen molar-refractivity contribution in [3.05, 3.63) is 42.3 Å². The summed E-state index contributed by atoms with van der Waals surface area (Å²) in [7, 11) is 0. The fraction of sp³-hybridized carbons (Fsp3) is 0.400. The van der Waals surface area contributed by atoms with Gasteiger partial charge >= 0.3 is 6.36 Å². The first-order valence-electron chi connectivity index (χ1n) is 9.22. The van der Waals surface area contributed by atoms with E-state index in [0.29, 0.717) is 23.7 Å². The quantitative estimate of drug-likeness (QED) is 0.752. The van der Waals surface area contributed by atoms with Gasteiger partial charge in [0.2, 0.25) is 5.91 Å². The summed E-state index contributed by atoms with van der Waals surface area (Å²) in [6, 6.07) is 6.87. The van der Waals surface area contributed by atoms with Gasteiger partial charge in [0.1, 0.15) is 0 Å². The van der Waals surface area contributed by atoms with E-state index in [1.165, 1.54) is 13.0 Å². The number of ether oxygens (including phenoxy) is 1. The molecule has 156 valence electrons. The van der Waals surface area contributed by atoms with Crippen LogP contribution in [0.25, 0.3) is 11.3 Å². The summed E-state index contributed by atoms with van der Waals surface area (Å²) in [4.78, 5) is 17.5. The number of alkyl halides is 3. The Balaban J connectivity index is 1.75. The number of halogens is 4. The van der Waals surface area contributed by atoms with Crippen LogP contribution in [-0.2, 0) is 4.79 Å². The van der Waals surface area contributed by atoms with Gasteiger partial charge in [0, 0.05) is 44.0 Å². The van der Waals surface area contributed by atoms with Crippen molar-refractivity contribution in [2.75, 3.05) is 24.5 Å². The Labute approximate surface area is 165 Å². The van der Waals surface area contributed by atoms with Gasteiger partial charge in [0.05, 0.1) is 5.69 Å². The summed E-state index contributed by atoms with van der Waals surface area (Å²) < 4.78 is 54.6. The summed E-state index contributed by atoms with van der Waals surface area (Å²) in [5, 5.41) is 2.84. The Morgan fingerprint density at radius 3 is 2.79 bits per heavy atom. The standard InChI is InChI=1S/C20H21F4N3O2/c1-13(28)26-11-14-3-2-8-27(12-14)16-6-7-25-18(10-16)15-4-5-19(17(21)9-15)29-20(22,23)24/h4-7,9-10,14H,2-3,8,11-12H2,1H3,(H,26,28). The molecule has 0 aliphatic carbocycles. The smallest absolute Gasteiger partial charge is 0.403 e. The van der Waals surface area contributed by atoms with Crippen molar-refractivity contribution in [2.45, 2.75) is 26.1 Å². The average Bonchev–Trinajstić information content (AvgIpc) is 2.67. The lowest BCUT2D eigenvalue weighted by Crippen LogP contribution is -2.40. The van der Waals surface area contributed by atoms with E-state index < -0.39 is 17.9 Å².